The van der Waals surface area contributed by atoms with Gasteiger partial charge >= 0.3 is 0 Å². The summed E-state index contributed by atoms with van der Waals surface area (Å²) in [6, 6.07) is 31.9. The van der Waals surface area contributed by atoms with E-state index in [2.05, 4.69) is 15.6 Å². The zero-order valence-electron chi connectivity index (χ0n) is 30.3. The first-order valence-electron chi connectivity index (χ1n) is 17.9. The SMILES string of the molecule is COc1ccc2c(c1)[C@]1(O[C@@H](CCn3cc(C(CO)c4ccccc4)nn3)[C@H]([Si](C)(C)O)[C@H]1C)C(=O)N2Cc1ccc(NC(=O)c2ccccc2)cc1. The van der Waals surface area contributed by atoms with Crippen LogP contribution < -0.4 is 15.0 Å². The third kappa shape index (κ3) is 6.90. The van der Waals surface area contributed by atoms with Gasteiger partial charge in [-0.15, -0.1) is 5.10 Å². The first-order valence-corrected chi connectivity index (χ1v) is 21.0. The number of methoxy groups -OCH3 is 1. The van der Waals surface area contributed by atoms with E-state index in [1.807, 2.05) is 117 Å². The highest BCUT2D eigenvalue weighted by Gasteiger charge is 2.66. The summed E-state index contributed by atoms with van der Waals surface area (Å²) in [6.07, 6.45) is 1.90. The number of fused-ring (bicyclic) bond motifs is 2. The Bertz CT molecular complexity index is 2070. The number of aliphatic hydroxyl groups is 1. The topological polar surface area (TPSA) is 139 Å². The summed E-state index contributed by atoms with van der Waals surface area (Å²) < 4.78 is 14.4. The molecule has 1 fully saturated rings. The van der Waals surface area contributed by atoms with Gasteiger partial charge in [0.25, 0.3) is 11.8 Å². The summed E-state index contributed by atoms with van der Waals surface area (Å²) in [6.45, 7) is 6.47. The Kier molecular flexibility index (Phi) is 10.1. The molecule has 4 aromatic carbocycles. The van der Waals surface area contributed by atoms with Gasteiger partial charge in [0.1, 0.15) is 5.75 Å². The van der Waals surface area contributed by atoms with E-state index in [9.17, 15) is 19.5 Å². The number of hydrogen-bond donors (Lipinski definition) is 3. The van der Waals surface area contributed by atoms with Crippen molar-refractivity contribution in [2.45, 2.75) is 62.7 Å². The van der Waals surface area contributed by atoms with Crippen LogP contribution in [0.4, 0.5) is 11.4 Å². The Balaban J connectivity index is 1.14. The molecule has 2 amide bonds. The van der Waals surface area contributed by atoms with E-state index in [0.29, 0.717) is 35.7 Å². The molecule has 1 saturated heterocycles. The minimum absolute atomic E-state index is 0.0999. The summed E-state index contributed by atoms with van der Waals surface area (Å²) in [5.74, 6) is -0.418. The molecule has 0 saturated carbocycles. The minimum Gasteiger partial charge on any atom is -0.497 e. The summed E-state index contributed by atoms with van der Waals surface area (Å²) in [5.41, 5.74) is 3.57. The Morgan fingerprint density at radius 2 is 1.72 bits per heavy atom. The highest BCUT2D eigenvalue weighted by molar-refractivity contribution is 6.71. The van der Waals surface area contributed by atoms with Gasteiger partial charge in [0.2, 0.25) is 0 Å². The van der Waals surface area contributed by atoms with Crippen LogP contribution in [-0.2, 0) is 28.2 Å². The first-order chi connectivity index (χ1) is 25.5. The lowest BCUT2D eigenvalue weighted by Gasteiger charge is -2.32. The van der Waals surface area contributed by atoms with E-state index < -0.39 is 20.0 Å². The number of benzene rings is 4. The lowest BCUT2D eigenvalue weighted by molar-refractivity contribution is -0.146. The molecule has 12 heteroatoms. The Labute approximate surface area is 310 Å². The summed E-state index contributed by atoms with van der Waals surface area (Å²) in [4.78, 5) is 41.1. The predicted molar refractivity (Wildman–Crippen MR) is 204 cm³/mol. The lowest BCUT2D eigenvalue weighted by atomic mass is 9.82. The molecule has 1 unspecified atom stereocenters. The molecule has 7 rings (SSSR count). The van der Waals surface area contributed by atoms with Crippen LogP contribution in [0.5, 0.6) is 5.75 Å². The van der Waals surface area contributed by atoms with E-state index in [1.54, 1.807) is 28.8 Å². The second-order valence-electron chi connectivity index (χ2n) is 14.5. The number of hydrogen-bond acceptors (Lipinski definition) is 8. The van der Waals surface area contributed by atoms with Crippen molar-refractivity contribution in [2.75, 3.05) is 23.9 Å². The largest absolute Gasteiger partial charge is 0.497 e. The molecule has 274 valence electrons. The number of aryl methyl sites for hydroxylation is 1. The first kappa shape index (κ1) is 36.2. The van der Waals surface area contributed by atoms with Gasteiger partial charge in [-0.25, -0.2) is 0 Å². The second-order valence-corrected chi connectivity index (χ2v) is 18.5. The van der Waals surface area contributed by atoms with Gasteiger partial charge in [-0.1, -0.05) is 72.8 Å². The molecule has 2 aliphatic rings. The van der Waals surface area contributed by atoms with Crippen LogP contribution in [0.25, 0.3) is 0 Å². The van der Waals surface area contributed by atoms with Gasteiger partial charge in [0.15, 0.2) is 13.9 Å². The maximum absolute atomic E-state index is 14.9. The average Bonchev–Trinajstić information content (AvgIpc) is 3.82. The van der Waals surface area contributed by atoms with Crippen LogP contribution >= 0.6 is 0 Å². The quantitative estimate of drug-likeness (QED) is 0.131. The number of nitrogens with one attached hydrogen (secondary N) is 1. The third-order valence-corrected chi connectivity index (χ3v) is 13.2. The van der Waals surface area contributed by atoms with Crippen molar-refractivity contribution in [1.82, 2.24) is 15.0 Å². The number of amides is 2. The van der Waals surface area contributed by atoms with E-state index >= 15 is 0 Å². The van der Waals surface area contributed by atoms with Crippen molar-refractivity contribution in [3.63, 3.8) is 0 Å². The molecule has 0 bridgehead atoms. The van der Waals surface area contributed by atoms with E-state index in [-0.39, 0.29) is 42.3 Å². The van der Waals surface area contributed by atoms with Crippen molar-refractivity contribution >= 4 is 31.5 Å². The molecule has 1 spiro atoms. The standard InChI is InChI=1S/C41H45N5O6Si/c1-27-38(53(3,4)50)37(21-22-45-25-35(43-44-45)33(26-47)29-11-7-5-8-12-29)52-41(27)34-23-32(51-2)19-20-36(34)46(40(41)49)24-28-15-17-31(18-16-28)42-39(48)30-13-9-6-10-14-30/h5-20,23,25,27,33,37-38,47,50H,21-22,24,26H2,1-4H3,(H,42,48)/t27-,33?,37+,38-,41+/m1/s1. The highest BCUT2D eigenvalue weighted by atomic mass is 28.4. The smallest absolute Gasteiger partial charge is 0.264 e. The maximum atomic E-state index is 14.9. The summed E-state index contributed by atoms with van der Waals surface area (Å²) >= 11 is 0. The number of ether oxygens (including phenoxy) is 2. The molecule has 0 radical (unpaired) electrons. The van der Waals surface area contributed by atoms with Gasteiger partial charge in [-0.2, -0.15) is 0 Å². The molecular weight excluding hydrogens is 687 g/mol. The Morgan fingerprint density at radius 3 is 2.38 bits per heavy atom. The van der Waals surface area contributed by atoms with E-state index in [0.717, 1.165) is 22.4 Å². The van der Waals surface area contributed by atoms with Crippen molar-refractivity contribution < 1.29 is 29.0 Å². The minimum atomic E-state index is -2.90. The van der Waals surface area contributed by atoms with Crippen LogP contribution in [0.3, 0.4) is 0 Å². The molecule has 3 heterocycles. The normalized spacial score (nSPS) is 21.5. The summed E-state index contributed by atoms with van der Waals surface area (Å²) in [7, 11) is -1.30. The zero-order chi connectivity index (χ0) is 37.3. The van der Waals surface area contributed by atoms with Crippen LogP contribution in [0, 0.1) is 5.92 Å². The van der Waals surface area contributed by atoms with Crippen molar-refractivity contribution in [1.29, 1.82) is 0 Å². The molecule has 1 aromatic heterocycles. The van der Waals surface area contributed by atoms with Crippen LogP contribution in [-0.4, -0.2) is 64.8 Å². The molecular formula is C41H45N5O6Si. The molecule has 2 aliphatic heterocycles. The highest BCUT2D eigenvalue weighted by Crippen LogP contribution is 2.60. The monoisotopic (exact) mass is 731 g/mol. The number of carbonyl (C=O) groups is 2. The fourth-order valence-electron chi connectivity index (χ4n) is 8.18. The van der Waals surface area contributed by atoms with Gasteiger partial charge in [0.05, 0.1) is 43.7 Å². The average molecular weight is 732 g/mol. The van der Waals surface area contributed by atoms with E-state index in [4.69, 9.17) is 9.47 Å². The molecule has 3 N–H and O–H groups in total. The van der Waals surface area contributed by atoms with Crippen LogP contribution in [0.15, 0.2) is 109 Å². The number of aromatic nitrogens is 3. The van der Waals surface area contributed by atoms with E-state index in [1.165, 1.54) is 0 Å². The molecule has 53 heavy (non-hydrogen) atoms. The fraction of sp³-hybridized carbons (Fsp3) is 0.317. The van der Waals surface area contributed by atoms with Gasteiger partial charge in [-0.3, -0.25) is 14.3 Å². The van der Waals surface area contributed by atoms with Gasteiger partial charge in [-0.05, 0) is 73.1 Å². The number of aliphatic hydroxyl groups excluding tert-OH is 1. The Morgan fingerprint density at radius 1 is 1.02 bits per heavy atom. The summed E-state index contributed by atoms with van der Waals surface area (Å²) in [5, 5.41) is 21.9. The van der Waals surface area contributed by atoms with Crippen LogP contribution in [0.2, 0.25) is 18.6 Å². The Hall–Kier alpha value is -5.14. The lowest BCUT2D eigenvalue weighted by Crippen LogP contribution is -2.46. The third-order valence-electron chi connectivity index (χ3n) is 10.7. The predicted octanol–water partition coefficient (Wildman–Crippen LogP) is 6.10. The number of anilines is 2. The van der Waals surface area contributed by atoms with Crippen molar-refractivity contribution in [3.05, 3.63) is 137 Å². The second kappa shape index (κ2) is 14.7. The number of carbonyl (C=O) groups excluding carboxylic acids is 2. The number of nitrogens with zero attached hydrogens (tertiary/aromatic N) is 4. The van der Waals surface area contributed by atoms with Crippen molar-refractivity contribution in [2.24, 2.45) is 5.92 Å². The molecule has 11 nitrogen and oxygen atoms in total. The molecule has 5 atom stereocenters. The fourth-order valence-corrected chi connectivity index (χ4v) is 10.8. The van der Waals surface area contributed by atoms with Crippen LogP contribution in [0.1, 0.15) is 52.0 Å². The molecule has 0 aliphatic carbocycles. The van der Waals surface area contributed by atoms with Gasteiger partial charge < -0.3 is 29.6 Å². The molecule has 5 aromatic rings. The van der Waals surface area contributed by atoms with Gasteiger partial charge in [0, 0.05) is 41.0 Å². The van der Waals surface area contributed by atoms with Crippen molar-refractivity contribution in [3.8, 4) is 5.75 Å². The maximum Gasteiger partial charge on any atom is 0.264 e. The zero-order valence-corrected chi connectivity index (χ0v) is 31.3. The number of rotatable bonds is 12.